The number of rotatable bonds is 9. The molecule has 0 spiro atoms. The second kappa shape index (κ2) is 11.7. The summed E-state index contributed by atoms with van der Waals surface area (Å²) in [4.78, 5) is 47.1. The molecule has 9 heteroatoms. The number of carbonyl (C=O) groups is 3. The quantitative estimate of drug-likeness (QED) is 0.395. The van der Waals surface area contributed by atoms with Crippen molar-refractivity contribution in [2.24, 2.45) is 0 Å². The van der Waals surface area contributed by atoms with Crippen LogP contribution in [0, 0.1) is 5.82 Å². The highest BCUT2D eigenvalue weighted by Gasteiger charge is 2.22. The van der Waals surface area contributed by atoms with E-state index in [1.807, 2.05) is 0 Å². The van der Waals surface area contributed by atoms with Gasteiger partial charge in [0.1, 0.15) is 11.5 Å². The predicted molar refractivity (Wildman–Crippen MR) is 135 cm³/mol. The fraction of sp³-hybridized carbons (Fsp3) is 0.333. The van der Waals surface area contributed by atoms with Gasteiger partial charge >= 0.3 is 0 Å². The van der Waals surface area contributed by atoms with E-state index in [1.54, 1.807) is 24.3 Å². The lowest BCUT2D eigenvalue weighted by Crippen LogP contribution is -2.44. The summed E-state index contributed by atoms with van der Waals surface area (Å²) in [5, 5.41) is 5.64. The number of piperidine rings is 1. The fourth-order valence-corrected chi connectivity index (χ4v) is 4.28. The average Bonchev–Trinajstić information content (AvgIpc) is 3.39. The Morgan fingerprint density at radius 3 is 2.39 bits per heavy atom. The highest BCUT2D eigenvalue weighted by Crippen LogP contribution is 2.15. The van der Waals surface area contributed by atoms with Crippen molar-refractivity contribution in [3.63, 3.8) is 0 Å². The molecular weight excluding hydrogens is 461 g/mol. The minimum absolute atomic E-state index is 0.00805. The molecule has 2 amide bonds. The third kappa shape index (κ3) is 6.42. The zero-order chi connectivity index (χ0) is 25.5. The van der Waals surface area contributed by atoms with E-state index in [1.165, 1.54) is 49.9 Å². The van der Waals surface area contributed by atoms with Crippen LogP contribution in [0.3, 0.4) is 0 Å². The van der Waals surface area contributed by atoms with Crippen LogP contribution in [-0.4, -0.2) is 58.1 Å². The summed E-state index contributed by atoms with van der Waals surface area (Å²) in [7, 11) is 0. The molecule has 0 saturated carbocycles. The van der Waals surface area contributed by atoms with Gasteiger partial charge in [0.15, 0.2) is 11.5 Å². The number of aromatic amines is 1. The molecule has 0 aliphatic carbocycles. The molecular formula is C27H30FN5O3. The SMILES string of the molecule is CC(CNC(=O)c1[nH]cnc1C(=O)Nc1ccc(CC(=O)c2ccc(F)cc2)cc1)N1CCCCC1. The predicted octanol–water partition coefficient (Wildman–Crippen LogP) is 3.83. The minimum Gasteiger partial charge on any atom is -0.349 e. The minimum atomic E-state index is -0.513. The molecule has 1 fully saturated rings. The monoisotopic (exact) mass is 491 g/mol. The van der Waals surface area contributed by atoms with E-state index in [0.29, 0.717) is 17.8 Å². The van der Waals surface area contributed by atoms with Crippen molar-refractivity contribution in [2.45, 2.75) is 38.6 Å². The van der Waals surface area contributed by atoms with E-state index >= 15 is 0 Å². The number of carbonyl (C=O) groups excluding carboxylic acids is 3. The highest BCUT2D eigenvalue weighted by atomic mass is 19.1. The molecule has 3 N–H and O–H groups in total. The molecule has 4 rings (SSSR count). The number of benzene rings is 2. The van der Waals surface area contributed by atoms with Gasteiger partial charge in [0.05, 0.1) is 6.33 Å². The number of hydrogen-bond acceptors (Lipinski definition) is 5. The lowest BCUT2D eigenvalue weighted by molar-refractivity contribution is 0.0914. The molecule has 0 radical (unpaired) electrons. The van der Waals surface area contributed by atoms with Gasteiger partial charge in [0.25, 0.3) is 11.8 Å². The Morgan fingerprint density at radius 2 is 1.69 bits per heavy atom. The molecule has 1 aliphatic heterocycles. The maximum absolute atomic E-state index is 13.1. The maximum Gasteiger partial charge on any atom is 0.276 e. The number of ketones is 1. The van der Waals surface area contributed by atoms with Gasteiger partial charge in [0.2, 0.25) is 0 Å². The van der Waals surface area contributed by atoms with E-state index < -0.39 is 11.7 Å². The van der Waals surface area contributed by atoms with Crippen molar-refractivity contribution in [1.82, 2.24) is 20.2 Å². The summed E-state index contributed by atoms with van der Waals surface area (Å²) in [6, 6.07) is 12.5. The summed E-state index contributed by atoms with van der Waals surface area (Å²) >= 11 is 0. The molecule has 3 aromatic rings. The lowest BCUT2D eigenvalue weighted by atomic mass is 10.0. The molecule has 2 aromatic carbocycles. The van der Waals surface area contributed by atoms with Crippen LogP contribution in [0.15, 0.2) is 54.9 Å². The third-order valence-corrected chi connectivity index (χ3v) is 6.40. The molecule has 1 aromatic heterocycles. The Kier molecular flexibility index (Phi) is 8.22. The van der Waals surface area contributed by atoms with Crippen molar-refractivity contribution in [1.29, 1.82) is 0 Å². The number of H-pyrrole nitrogens is 1. The number of nitrogens with one attached hydrogen (secondary N) is 3. The highest BCUT2D eigenvalue weighted by molar-refractivity contribution is 6.10. The van der Waals surface area contributed by atoms with Crippen LogP contribution in [0.25, 0.3) is 0 Å². The van der Waals surface area contributed by atoms with Crippen LogP contribution in [0.4, 0.5) is 10.1 Å². The molecule has 2 heterocycles. The second-order valence-corrected chi connectivity index (χ2v) is 9.04. The second-order valence-electron chi connectivity index (χ2n) is 9.04. The summed E-state index contributed by atoms with van der Waals surface area (Å²) in [5.41, 5.74) is 1.81. The Balaban J connectivity index is 1.31. The molecule has 36 heavy (non-hydrogen) atoms. The molecule has 1 unspecified atom stereocenters. The summed E-state index contributed by atoms with van der Waals surface area (Å²) < 4.78 is 13.1. The molecule has 1 atom stereocenters. The summed E-state index contributed by atoms with van der Waals surface area (Å²) in [6.07, 6.45) is 5.07. The van der Waals surface area contributed by atoms with Gasteiger partial charge in [-0.3, -0.25) is 19.3 Å². The molecule has 1 aliphatic rings. The summed E-state index contributed by atoms with van der Waals surface area (Å²) in [6.45, 7) is 4.64. The van der Waals surface area contributed by atoms with Gasteiger partial charge in [-0.2, -0.15) is 0 Å². The molecule has 188 valence electrons. The number of Topliss-reactive ketones (excluding diaryl/α,β-unsaturated/α-hetero) is 1. The van der Waals surface area contributed by atoms with Gasteiger partial charge in [-0.25, -0.2) is 9.37 Å². The van der Waals surface area contributed by atoms with E-state index in [4.69, 9.17) is 0 Å². The fourth-order valence-electron chi connectivity index (χ4n) is 4.28. The number of likely N-dealkylation sites (tertiary alicyclic amines) is 1. The molecule has 8 nitrogen and oxygen atoms in total. The zero-order valence-corrected chi connectivity index (χ0v) is 20.2. The average molecular weight is 492 g/mol. The third-order valence-electron chi connectivity index (χ3n) is 6.40. The number of hydrogen-bond donors (Lipinski definition) is 3. The Hall–Kier alpha value is -3.85. The van der Waals surface area contributed by atoms with Crippen LogP contribution in [0.2, 0.25) is 0 Å². The smallest absolute Gasteiger partial charge is 0.276 e. The van der Waals surface area contributed by atoms with Crippen LogP contribution < -0.4 is 10.6 Å². The first kappa shape index (κ1) is 25.2. The summed E-state index contributed by atoms with van der Waals surface area (Å²) in [5.74, 6) is -1.42. The van der Waals surface area contributed by atoms with E-state index in [-0.39, 0.29) is 35.5 Å². The lowest BCUT2D eigenvalue weighted by Gasteiger charge is -2.32. The van der Waals surface area contributed by atoms with Crippen molar-refractivity contribution < 1.29 is 18.8 Å². The van der Waals surface area contributed by atoms with Gasteiger partial charge in [-0.1, -0.05) is 18.6 Å². The van der Waals surface area contributed by atoms with Crippen LogP contribution in [0.1, 0.15) is 63.1 Å². The van der Waals surface area contributed by atoms with Gasteiger partial charge in [-0.15, -0.1) is 0 Å². The van der Waals surface area contributed by atoms with Gasteiger partial charge in [-0.05, 0) is 74.8 Å². The Morgan fingerprint density at radius 1 is 1.00 bits per heavy atom. The number of halogens is 1. The van der Waals surface area contributed by atoms with Crippen molar-refractivity contribution in [3.8, 4) is 0 Å². The normalized spacial score (nSPS) is 14.7. The molecule has 0 bridgehead atoms. The van der Waals surface area contributed by atoms with Crippen LogP contribution >= 0.6 is 0 Å². The van der Waals surface area contributed by atoms with Crippen LogP contribution in [-0.2, 0) is 6.42 Å². The van der Waals surface area contributed by atoms with E-state index in [0.717, 1.165) is 18.7 Å². The van der Waals surface area contributed by atoms with Crippen molar-refractivity contribution >= 4 is 23.3 Å². The number of aromatic nitrogens is 2. The standard InChI is InChI=1S/C27H30FN5O3/c1-18(33-13-3-2-4-14-33)16-29-26(35)24-25(31-17-30-24)27(36)32-22-11-5-19(6-12-22)15-23(34)20-7-9-21(28)10-8-20/h5-12,17-18H,2-4,13-16H2,1H3,(H,29,35)(H,30,31)(H,32,36). The number of amides is 2. The van der Waals surface area contributed by atoms with Gasteiger partial charge in [0, 0.05) is 30.3 Å². The zero-order valence-electron chi connectivity index (χ0n) is 20.2. The topological polar surface area (TPSA) is 107 Å². The largest absolute Gasteiger partial charge is 0.349 e. The van der Waals surface area contributed by atoms with E-state index in [2.05, 4.69) is 32.4 Å². The van der Waals surface area contributed by atoms with Crippen LogP contribution in [0.5, 0.6) is 0 Å². The van der Waals surface area contributed by atoms with E-state index in [9.17, 15) is 18.8 Å². The first-order valence-corrected chi connectivity index (χ1v) is 12.2. The van der Waals surface area contributed by atoms with Gasteiger partial charge < -0.3 is 15.6 Å². The molecule has 1 saturated heterocycles. The number of nitrogens with zero attached hydrogens (tertiary/aromatic N) is 2. The number of anilines is 1. The maximum atomic E-state index is 13.1. The first-order chi connectivity index (χ1) is 17.4. The first-order valence-electron chi connectivity index (χ1n) is 12.2. The van der Waals surface area contributed by atoms with Crippen molar-refractivity contribution in [2.75, 3.05) is 25.0 Å². The van der Waals surface area contributed by atoms with Crippen molar-refractivity contribution in [3.05, 3.63) is 83.2 Å². The number of imidazole rings is 1. The Labute approximate surface area is 209 Å². The Bertz CT molecular complexity index is 1200.